The molecular formula is C13H18F2N2O. The van der Waals surface area contributed by atoms with Crippen LogP contribution in [0.15, 0.2) is 18.2 Å². The molecule has 1 aromatic rings. The van der Waals surface area contributed by atoms with Gasteiger partial charge in [-0.2, -0.15) is 0 Å². The zero-order valence-electron chi connectivity index (χ0n) is 10.2. The summed E-state index contributed by atoms with van der Waals surface area (Å²) in [5.41, 5.74) is 0.0464. The zero-order valence-corrected chi connectivity index (χ0v) is 10.2. The van der Waals surface area contributed by atoms with Crippen LogP contribution in [0.4, 0.5) is 8.78 Å². The summed E-state index contributed by atoms with van der Waals surface area (Å²) in [6.07, 6.45) is -0.531. The van der Waals surface area contributed by atoms with Gasteiger partial charge in [0.15, 0.2) is 0 Å². The highest BCUT2D eigenvalue weighted by atomic mass is 19.1. The Bertz CT molecular complexity index is 395. The number of hydrogen-bond donors (Lipinski definition) is 2. The molecule has 2 rings (SSSR count). The standard InChI is InChI=1S/C13H18F2N2O/c14-10-1-2-12(15)11(9-10)13(18)3-6-17-7-4-16-5-8-17/h1-2,9,13,16,18H,3-8H2. The number of hydrogen-bond acceptors (Lipinski definition) is 3. The van der Waals surface area contributed by atoms with Gasteiger partial charge >= 0.3 is 0 Å². The second kappa shape index (κ2) is 6.22. The predicted octanol–water partition coefficient (Wildman–Crippen LogP) is 1.29. The molecule has 1 saturated heterocycles. The molecule has 0 amide bonds. The number of aliphatic hydroxyl groups excluding tert-OH is 1. The lowest BCUT2D eigenvalue weighted by molar-refractivity contribution is 0.133. The van der Waals surface area contributed by atoms with E-state index >= 15 is 0 Å². The largest absolute Gasteiger partial charge is 0.388 e. The van der Waals surface area contributed by atoms with Crippen molar-refractivity contribution < 1.29 is 13.9 Å². The lowest BCUT2D eigenvalue weighted by Crippen LogP contribution is -2.44. The van der Waals surface area contributed by atoms with Gasteiger partial charge in [-0.3, -0.25) is 0 Å². The molecule has 1 fully saturated rings. The van der Waals surface area contributed by atoms with E-state index in [1.54, 1.807) is 0 Å². The van der Waals surface area contributed by atoms with Crippen molar-refractivity contribution in [2.24, 2.45) is 0 Å². The Balaban J connectivity index is 1.90. The number of nitrogens with zero attached hydrogens (tertiary/aromatic N) is 1. The quantitative estimate of drug-likeness (QED) is 0.852. The molecule has 0 bridgehead atoms. The van der Waals surface area contributed by atoms with Crippen LogP contribution in [-0.2, 0) is 0 Å². The van der Waals surface area contributed by atoms with Crippen LogP contribution >= 0.6 is 0 Å². The van der Waals surface area contributed by atoms with Crippen LogP contribution in [0.2, 0.25) is 0 Å². The van der Waals surface area contributed by atoms with Gasteiger partial charge < -0.3 is 15.3 Å². The van der Waals surface area contributed by atoms with Crippen LogP contribution in [0.25, 0.3) is 0 Å². The van der Waals surface area contributed by atoms with Gasteiger partial charge in [-0.15, -0.1) is 0 Å². The minimum Gasteiger partial charge on any atom is -0.388 e. The molecule has 2 N–H and O–H groups in total. The first-order valence-electron chi connectivity index (χ1n) is 6.23. The van der Waals surface area contributed by atoms with Crippen molar-refractivity contribution in [3.63, 3.8) is 0 Å². The van der Waals surface area contributed by atoms with Crippen LogP contribution < -0.4 is 5.32 Å². The van der Waals surface area contributed by atoms with Crippen molar-refractivity contribution in [3.8, 4) is 0 Å². The first-order chi connectivity index (χ1) is 8.66. The summed E-state index contributed by atoms with van der Waals surface area (Å²) >= 11 is 0. The summed E-state index contributed by atoms with van der Waals surface area (Å²) < 4.78 is 26.4. The zero-order chi connectivity index (χ0) is 13.0. The lowest BCUT2D eigenvalue weighted by atomic mass is 10.1. The van der Waals surface area contributed by atoms with Gasteiger partial charge in [0.2, 0.25) is 0 Å². The Labute approximate surface area is 105 Å². The number of aliphatic hydroxyl groups is 1. The van der Waals surface area contributed by atoms with Crippen LogP contribution in [0.3, 0.4) is 0 Å². The van der Waals surface area contributed by atoms with Crippen LogP contribution in [-0.4, -0.2) is 42.7 Å². The molecule has 100 valence electrons. The molecule has 18 heavy (non-hydrogen) atoms. The van der Waals surface area contributed by atoms with E-state index < -0.39 is 17.7 Å². The molecule has 0 spiro atoms. The van der Waals surface area contributed by atoms with Crippen molar-refractivity contribution in [2.45, 2.75) is 12.5 Å². The molecule has 1 aliphatic heterocycles. The second-order valence-electron chi connectivity index (χ2n) is 4.56. The van der Waals surface area contributed by atoms with E-state index in [0.29, 0.717) is 13.0 Å². The molecular weight excluding hydrogens is 238 g/mol. The lowest BCUT2D eigenvalue weighted by Gasteiger charge is -2.28. The van der Waals surface area contributed by atoms with E-state index in [2.05, 4.69) is 10.2 Å². The second-order valence-corrected chi connectivity index (χ2v) is 4.56. The van der Waals surface area contributed by atoms with E-state index in [4.69, 9.17) is 0 Å². The molecule has 1 atom stereocenters. The molecule has 0 aliphatic carbocycles. The smallest absolute Gasteiger partial charge is 0.129 e. The normalized spacial score (nSPS) is 18.8. The molecule has 1 unspecified atom stereocenters. The van der Waals surface area contributed by atoms with Gasteiger partial charge in [0, 0.05) is 38.3 Å². The summed E-state index contributed by atoms with van der Waals surface area (Å²) in [4.78, 5) is 2.21. The van der Waals surface area contributed by atoms with E-state index in [1.165, 1.54) is 0 Å². The van der Waals surface area contributed by atoms with E-state index in [1.807, 2.05) is 0 Å². The molecule has 5 heteroatoms. The Morgan fingerprint density at radius 1 is 1.28 bits per heavy atom. The first-order valence-corrected chi connectivity index (χ1v) is 6.23. The molecule has 0 saturated carbocycles. The summed E-state index contributed by atoms with van der Waals surface area (Å²) in [5.74, 6) is -1.07. The monoisotopic (exact) mass is 256 g/mol. The van der Waals surface area contributed by atoms with Crippen molar-refractivity contribution in [2.75, 3.05) is 32.7 Å². The minimum atomic E-state index is -0.949. The van der Waals surface area contributed by atoms with E-state index in [0.717, 1.165) is 44.4 Å². The topological polar surface area (TPSA) is 35.5 Å². The first kappa shape index (κ1) is 13.4. The number of nitrogens with one attached hydrogen (secondary N) is 1. The summed E-state index contributed by atoms with van der Waals surface area (Å²) in [7, 11) is 0. The van der Waals surface area contributed by atoms with Crippen molar-refractivity contribution in [3.05, 3.63) is 35.4 Å². The maximum absolute atomic E-state index is 13.4. The fourth-order valence-electron chi connectivity index (χ4n) is 2.17. The highest BCUT2D eigenvalue weighted by Crippen LogP contribution is 2.21. The molecule has 0 radical (unpaired) electrons. The van der Waals surface area contributed by atoms with Gasteiger partial charge in [-0.1, -0.05) is 0 Å². The molecule has 1 aromatic carbocycles. The Kier molecular flexibility index (Phi) is 4.63. The summed E-state index contributed by atoms with van der Waals surface area (Å²) in [5, 5.41) is 13.1. The highest BCUT2D eigenvalue weighted by Gasteiger charge is 2.16. The summed E-state index contributed by atoms with van der Waals surface area (Å²) in [6.45, 7) is 4.42. The highest BCUT2D eigenvalue weighted by molar-refractivity contribution is 5.21. The van der Waals surface area contributed by atoms with Gasteiger partial charge in [0.1, 0.15) is 11.6 Å². The molecule has 3 nitrogen and oxygen atoms in total. The van der Waals surface area contributed by atoms with Crippen molar-refractivity contribution in [1.82, 2.24) is 10.2 Å². The fourth-order valence-corrected chi connectivity index (χ4v) is 2.17. The molecule has 1 aliphatic rings. The summed E-state index contributed by atoms with van der Waals surface area (Å²) in [6, 6.07) is 3.18. The Hall–Kier alpha value is -1.04. The van der Waals surface area contributed by atoms with Crippen LogP contribution in [0.5, 0.6) is 0 Å². The number of piperazine rings is 1. The maximum atomic E-state index is 13.4. The Morgan fingerprint density at radius 3 is 2.72 bits per heavy atom. The third-order valence-electron chi connectivity index (χ3n) is 3.25. The van der Waals surface area contributed by atoms with Gasteiger partial charge in [0.25, 0.3) is 0 Å². The van der Waals surface area contributed by atoms with Gasteiger partial charge in [-0.05, 0) is 24.6 Å². The van der Waals surface area contributed by atoms with Gasteiger partial charge in [0.05, 0.1) is 6.10 Å². The number of halogens is 2. The minimum absolute atomic E-state index is 0.0464. The maximum Gasteiger partial charge on any atom is 0.129 e. The average Bonchev–Trinajstić information content (AvgIpc) is 2.40. The third kappa shape index (κ3) is 3.48. The number of rotatable bonds is 4. The molecule has 0 aromatic heterocycles. The molecule has 1 heterocycles. The Morgan fingerprint density at radius 2 is 2.00 bits per heavy atom. The van der Waals surface area contributed by atoms with Gasteiger partial charge in [-0.25, -0.2) is 8.78 Å². The van der Waals surface area contributed by atoms with Crippen LogP contribution in [0, 0.1) is 11.6 Å². The predicted molar refractivity (Wildman–Crippen MR) is 65.2 cm³/mol. The van der Waals surface area contributed by atoms with E-state index in [-0.39, 0.29) is 5.56 Å². The van der Waals surface area contributed by atoms with Crippen molar-refractivity contribution >= 4 is 0 Å². The van der Waals surface area contributed by atoms with Crippen molar-refractivity contribution in [1.29, 1.82) is 0 Å². The average molecular weight is 256 g/mol. The number of benzene rings is 1. The van der Waals surface area contributed by atoms with Crippen LogP contribution in [0.1, 0.15) is 18.1 Å². The SMILES string of the molecule is OC(CCN1CCNCC1)c1cc(F)ccc1F. The van der Waals surface area contributed by atoms with E-state index in [9.17, 15) is 13.9 Å². The fraction of sp³-hybridized carbons (Fsp3) is 0.538. The third-order valence-corrected chi connectivity index (χ3v) is 3.25.